The Morgan fingerprint density at radius 3 is 3.23 bits per heavy atom. The summed E-state index contributed by atoms with van der Waals surface area (Å²) in [5.74, 6) is 5.36. The summed E-state index contributed by atoms with van der Waals surface area (Å²) in [4.78, 5) is 14.6. The van der Waals surface area contributed by atoms with Gasteiger partial charge in [0.25, 0.3) is 0 Å². The Hall–Kier alpha value is -1.38. The number of hydrogen-bond acceptors (Lipinski definition) is 4. The largest absolute Gasteiger partial charge is 0.344 e. The van der Waals surface area contributed by atoms with Crippen LogP contribution in [0.1, 0.15) is 5.69 Å². The fraction of sp³-hybridized carbons (Fsp3) is 0.250. The molecule has 4 nitrogen and oxygen atoms in total. The lowest BCUT2D eigenvalue weighted by atomic mass is 10.4. The lowest BCUT2D eigenvalue weighted by molar-refractivity contribution is -0.119. The number of thiazole rings is 1. The average molecular weight is 195 g/mol. The number of amides is 1. The molecule has 0 aliphatic carbocycles. The van der Waals surface area contributed by atoms with Gasteiger partial charge in [0, 0.05) is 5.38 Å². The minimum absolute atomic E-state index is 0.00161. The molecule has 0 aliphatic heterocycles. The summed E-state index contributed by atoms with van der Waals surface area (Å²) >= 11 is 1.49. The van der Waals surface area contributed by atoms with Crippen molar-refractivity contribution in [2.24, 2.45) is 5.73 Å². The molecule has 5 heteroatoms. The molecular weight excluding hydrogens is 186 g/mol. The van der Waals surface area contributed by atoms with Crippen LogP contribution in [0.3, 0.4) is 0 Å². The van der Waals surface area contributed by atoms with Crippen molar-refractivity contribution in [3.63, 3.8) is 0 Å². The Labute approximate surface area is 80.2 Å². The van der Waals surface area contributed by atoms with Crippen LogP contribution < -0.4 is 11.1 Å². The van der Waals surface area contributed by atoms with Gasteiger partial charge < -0.3 is 11.1 Å². The summed E-state index contributed by atoms with van der Waals surface area (Å²) in [5, 5.41) is 4.38. The molecule has 68 valence electrons. The van der Waals surface area contributed by atoms with Crippen LogP contribution in [0.15, 0.2) is 10.9 Å². The molecular formula is C8H9N3OS. The monoisotopic (exact) mass is 195 g/mol. The van der Waals surface area contributed by atoms with E-state index < -0.39 is 0 Å². The minimum Gasteiger partial charge on any atom is -0.344 e. The van der Waals surface area contributed by atoms with Crippen molar-refractivity contribution in [2.75, 3.05) is 13.1 Å². The molecule has 1 aromatic rings. The van der Waals surface area contributed by atoms with Crippen molar-refractivity contribution >= 4 is 17.2 Å². The average Bonchev–Trinajstić information content (AvgIpc) is 2.64. The predicted octanol–water partition coefficient (Wildman–Crippen LogP) is -0.431. The first kappa shape index (κ1) is 9.71. The van der Waals surface area contributed by atoms with Crippen molar-refractivity contribution < 1.29 is 4.79 Å². The lowest BCUT2D eigenvalue weighted by Crippen LogP contribution is -2.30. The van der Waals surface area contributed by atoms with Gasteiger partial charge in [-0.1, -0.05) is 5.92 Å². The lowest BCUT2D eigenvalue weighted by Gasteiger charge is -1.94. The minimum atomic E-state index is -0.201. The first-order valence-corrected chi connectivity index (χ1v) is 4.61. The summed E-state index contributed by atoms with van der Waals surface area (Å²) in [7, 11) is 0. The second kappa shape index (κ2) is 5.30. The van der Waals surface area contributed by atoms with Gasteiger partial charge in [-0.3, -0.25) is 4.79 Å². The molecule has 0 bridgehead atoms. The summed E-state index contributed by atoms with van der Waals surface area (Å²) in [6.45, 7) is 0.311. The summed E-state index contributed by atoms with van der Waals surface area (Å²) in [5.41, 5.74) is 7.52. The first-order chi connectivity index (χ1) is 6.33. The topological polar surface area (TPSA) is 68.0 Å². The zero-order chi connectivity index (χ0) is 9.52. The number of nitrogens with zero attached hydrogens (tertiary/aromatic N) is 1. The molecule has 0 atom stereocenters. The Bertz CT molecular complexity index is 323. The molecule has 0 unspecified atom stereocenters. The zero-order valence-corrected chi connectivity index (χ0v) is 7.73. The molecule has 0 radical (unpaired) electrons. The van der Waals surface area contributed by atoms with Gasteiger partial charge in [-0.25, -0.2) is 4.98 Å². The van der Waals surface area contributed by atoms with E-state index in [1.165, 1.54) is 11.3 Å². The number of nitrogens with one attached hydrogen (secondary N) is 1. The number of hydrogen-bond donors (Lipinski definition) is 2. The molecule has 1 aromatic heterocycles. The van der Waals surface area contributed by atoms with Crippen molar-refractivity contribution in [3.8, 4) is 11.8 Å². The van der Waals surface area contributed by atoms with Gasteiger partial charge in [0.2, 0.25) is 5.91 Å². The molecule has 0 saturated carbocycles. The van der Waals surface area contributed by atoms with Gasteiger partial charge in [0.15, 0.2) is 0 Å². The van der Waals surface area contributed by atoms with Crippen LogP contribution in [0.25, 0.3) is 0 Å². The SMILES string of the molecule is NCC(=O)NCC#Cc1cscn1. The molecule has 13 heavy (non-hydrogen) atoms. The van der Waals surface area contributed by atoms with Gasteiger partial charge in [-0.15, -0.1) is 11.3 Å². The molecule has 0 aliphatic rings. The third-order valence-electron chi connectivity index (χ3n) is 1.21. The maximum absolute atomic E-state index is 10.7. The molecule has 0 aromatic carbocycles. The van der Waals surface area contributed by atoms with Crippen LogP contribution in [-0.2, 0) is 4.79 Å². The van der Waals surface area contributed by atoms with Crippen LogP contribution in [0.5, 0.6) is 0 Å². The highest BCUT2D eigenvalue weighted by Crippen LogP contribution is 1.97. The van der Waals surface area contributed by atoms with E-state index in [0.717, 1.165) is 5.69 Å². The normalized spacial score (nSPS) is 8.69. The van der Waals surface area contributed by atoms with E-state index in [0.29, 0.717) is 6.54 Å². The molecule has 0 saturated heterocycles. The number of rotatable bonds is 2. The van der Waals surface area contributed by atoms with E-state index in [1.807, 2.05) is 5.38 Å². The van der Waals surface area contributed by atoms with Crippen molar-refractivity contribution in [1.82, 2.24) is 10.3 Å². The molecule has 0 fully saturated rings. The van der Waals surface area contributed by atoms with E-state index in [1.54, 1.807) is 5.51 Å². The van der Waals surface area contributed by atoms with Gasteiger partial charge in [-0.05, 0) is 5.92 Å². The van der Waals surface area contributed by atoms with Crippen LogP contribution in [0.4, 0.5) is 0 Å². The Kier molecular flexibility index (Phi) is 3.96. The van der Waals surface area contributed by atoms with Gasteiger partial charge in [-0.2, -0.15) is 0 Å². The van der Waals surface area contributed by atoms with E-state index in [-0.39, 0.29) is 12.5 Å². The number of nitrogens with two attached hydrogens (primary N) is 1. The first-order valence-electron chi connectivity index (χ1n) is 3.66. The van der Waals surface area contributed by atoms with Crippen LogP contribution in [0, 0.1) is 11.8 Å². The van der Waals surface area contributed by atoms with E-state index in [2.05, 4.69) is 22.1 Å². The molecule has 3 N–H and O–H groups in total. The Morgan fingerprint density at radius 2 is 2.62 bits per heavy atom. The van der Waals surface area contributed by atoms with Gasteiger partial charge >= 0.3 is 0 Å². The maximum atomic E-state index is 10.7. The maximum Gasteiger partial charge on any atom is 0.234 e. The van der Waals surface area contributed by atoms with Crippen LogP contribution in [0.2, 0.25) is 0 Å². The molecule has 1 heterocycles. The number of aromatic nitrogens is 1. The van der Waals surface area contributed by atoms with E-state index in [4.69, 9.17) is 5.73 Å². The summed E-state index contributed by atoms with van der Waals surface area (Å²) < 4.78 is 0. The highest BCUT2D eigenvalue weighted by atomic mass is 32.1. The highest BCUT2D eigenvalue weighted by Gasteiger charge is 1.91. The molecule has 0 spiro atoms. The van der Waals surface area contributed by atoms with Gasteiger partial charge in [0.1, 0.15) is 5.69 Å². The quantitative estimate of drug-likeness (QED) is 0.629. The van der Waals surface area contributed by atoms with E-state index >= 15 is 0 Å². The second-order valence-corrected chi connectivity index (χ2v) is 2.87. The zero-order valence-electron chi connectivity index (χ0n) is 6.91. The highest BCUT2D eigenvalue weighted by molar-refractivity contribution is 7.07. The summed E-state index contributed by atoms with van der Waals surface area (Å²) in [6, 6.07) is 0. The van der Waals surface area contributed by atoms with Crippen LogP contribution in [-0.4, -0.2) is 24.0 Å². The smallest absolute Gasteiger partial charge is 0.234 e. The van der Waals surface area contributed by atoms with Crippen molar-refractivity contribution in [3.05, 3.63) is 16.6 Å². The standard InChI is InChI=1S/C8H9N3OS/c9-4-8(12)10-3-1-2-7-5-13-6-11-7/h5-6H,3-4,9H2,(H,10,12). The third-order valence-corrected chi connectivity index (χ3v) is 1.79. The second-order valence-electron chi connectivity index (χ2n) is 2.16. The number of carbonyl (C=O) groups excluding carboxylic acids is 1. The Morgan fingerprint density at radius 1 is 1.77 bits per heavy atom. The predicted molar refractivity (Wildman–Crippen MR) is 51.1 cm³/mol. The fourth-order valence-electron chi connectivity index (χ4n) is 0.624. The number of carbonyl (C=O) groups is 1. The molecule has 1 amide bonds. The summed E-state index contributed by atoms with van der Waals surface area (Å²) in [6.07, 6.45) is 0. The van der Waals surface area contributed by atoms with Crippen LogP contribution >= 0.6 is 11.3 Å². The van der Waals surface area contributed by atoms with Crippen molar-refractivity contribution in [2.45, 2.75) is 0 Å². The molecule has 1 rings (SSSR count). The third kappa shape index (κ3) is 3.69. The fourth-order valence-corrected chi connectivity index (χ4v) is 1.11. The Balaban J connectivity index is 2.30. The van der Waals surface area contributed by atoms with E-state index in [9.17, 15) is 4.79 Å². The van der Waals surface area contributed by atoms with Gasteiger partial charge in [0.05, 0.1) is 18.6 Å². The van der Waals surface area contributed by atoms with Crippen molar-refractivity contribution in [1.29, 1.82) is 0 Å².